The summed E-state index contributed by atoms with van der Waals surface area (Å²) in [7, 11) is 0. The Morgan fingerprint density at radius 2 is 2.25 bits per heavy atom. The number of hydrogen-bond donors (Lipinski definition) is 2. The molecule has 0 aliphatic carbocycles. The number of hydrogen-bond acceptors (Lipinski definition) is 3. The molecule has 0 unspecified atom stereocenters. The van der Waals surface area contributed by atoms with Gasteiger partial charge in [0.2, 0.25) is 0 Å². The summed E-state index contributed by atoms with van der Waals surface area (Å²) in [5, 5.41) is 9.82. The Morgan fingerprint density at radius 3 is 2.95 bits per heavy atom. The van der Waals surface area contributed by atoms with Crippen LogP contribution < -0.4 is 10.6 Å². The highest BCUT2D eigenvalue weighted by atomic mass is 16.2. The van der Waals surface area contributed by atoms with Crippen LogP contribution in [-0.4, -0.2) is 26.8 Å². The number of carbonyl (C=O) groups excluding carboxylic acids is 1. The van der Waals surface area contributed by atoms with E-state index in [1.54, 1.807) is 16.9 Å². The minimum Gasteiger partial charge on any atom is -0.335 e. The lowest BCUT2D eigenvalue weighted by molar-refractivity contribution is 0.249. The average molecular weight is 273 g/mol. The van der Waals surface area contributed by atoms with Crippen molar-refractivity contribution in [1.29, 1.82) is 0 Å². The first kappa shape index (κ1) is 14.0. The van der Waals surface area contributed by atoms with E-state index >= 15 is 0 Å². The molecule has 0 bridgehead atoms. The summed E-state index contributed by atoms with van der Waals surface area (Å²) in [6, 6.07) is 7.42. The van der Waals surface area contributed by atoms with Gasteiger partial charge < -0.3 is 5.32 Å². The number of rotatable bonds is 5. The molecule has 6 heteroatoms. The lowest BCUT2D eigenvalue weighted by atomic mass is 10.3. The number of urea groups is 1. The molecular formula is C14H19N5O. The van der Waals surface area contributed by atoms with Crippen molar-refractivity contribution in [3.05, 3.63) is 42.4 Å². The van der Waals surface area contributed by atoms with Crippen LogP contribution in [0.4, 0.5) is 10.6 Å². The summed E-state index contributed by atoms with van der Waals surface area (Å²) in [6.45, 7) is 4.56. The van der Waals surface area contributed by atoms with Gasteiger partial charge in [0, 0.05) is 24.5 Å². The molecule has 0 radical (unpaired) electrons. The number of carbonyl (C=O) groups is 1. The van der Waals surface area contributed by atoms with Crippen LogP contribution in [0.3, 0.4) is 0 Å². The maximum atomic E-state index is 11.7. The van der Waals surface area contributed by atoms with Gasteiger partial charge in [-0.2, -0.15) is 5.10 Å². The fourth-order valence-corrected chi connectivity index (χ4v) is 1.65. The zero-order valence-electron chi connectivity index (χ0n) is 11.7. The maximum absolute atomic E-state index is 11.7. The number of anilines is 1. The van der Waals surface area contributed by atoms with Gasteiger partial charge >= 0.3 is 6.03 Å². The summed E-state index contributed by atoms with van der Waals surface area (Å²) >= 11 is 0. The SMILES string of the molecule is CC[C@H](C)NC(=O)Nc1ccn(Cc2ccccn2)n1. The Kier molecular flexibility index (Phi) is 4.70. The first-order valence-electron chi connectivity index (χ1n) is 6.68. The van der Waals surface area contributed by atoms with Gasteiger partial charge in [0.25, 0.3) is 0 Å². The summed E-state index contributed by atoms with van der Waals surface area (Å²) < 4.78 is 1.74. The molecule has 106 valence electrons. The van der Waals surface area contributed by atoms with Crippen molar-refractivity contribution in [2.24, 2.45) is 0 Å². The van der Waals surface area contributed by atoms with Crippen LogP contribution in [0.15, 0.2) is 36.7 Å². The van der Waals surface area contributed by atoms with Crippen molar-refractivity contribution in [3.8, 4) is 0 Å². The molecule has 1 atom stereocenters. The third-order valence-corrected chi connectivity index (χ3v) is 2.92. The van der Waals surface area contributed by atoms with Gasteiger partial charge in [-0.1, -0.05) is 13.0 Å². The summed E-state index contributed by atoms with van der Waals surface area (Å²) in [5.74, 6) is 0.529. The molecular weight excluding hydrogens is 254 g/mol. The van der Waals surface area contributed by atoms with E-state index in [0.29, 0.717) is 12.4 Å². The molecule has 2 aromatic rings. The average Bonchev–Trinajstić information content (AvgIpc) is 2.86. The van der Waals surface area contributed by atoms with Gasteiger partial charge in [0.1, 0.15) is 0 Å². The monoisotopic (exact) mass is 273 g/mol. The number of amides is 2. The van der Waals surface area contributed by atoms with Gasteiger partial charge in [-0.05, 0) is 25.5 Å². The summed E-state index contributed by atoms with van der Waals surface area (Å²) in [4.78, 5) is 15.9. The van der Waals surface area contributed by atoms with E-state index in [0.717, 1.165) is 12.1 Å². The number of aromatic nitrogens is 3. The van der Waals surface area contributed by atoms with Gasteiger partial charge in [-0.15, -0.1) is 0 Å². The molecule has 2 heterocycles. The second-order valence-electron chi connectivity index (χ2n) is 4.63. The number of nitrogens with one attached hydrogen (secondary N) is 2. The van der Waals surface area contributed by atoms with Gasteiger partial charge in [-0.3, -0.25) is 15.0 Å². The predicted molar refractivity (Wildman–Crippen MR) is 77.5 cm³/mol. The molecule has 0 aliphatic rings. The smallest absolute Gasteiger partial charge is 0.320 e. The third-order valence-electron chi connectivity index (χ3n) is 2.92. The molecule has 6 nitrogen and oxygen atoms in total. The maximum Gasteiger partial charge on any atom is 0.320 e. The van der Waals surface area contributed by atoms with Crippen molar-refractivity contribution in [3.63, 3.8) is 0 Å². The van der Waals surface area contributed by atoms with E-state index < -0.39 is 0 Å². The minimum atomic E-state index is -0.234. The molecule has 0 aromatic carbocycles. The molecule has 2 amide bonds. The van der Waals surface area contributed by atoms with E-state index in [1.165, 1.54) is 0 Å². The van der Waals surface area contributed by atoms with Crippen LogP contribution in [0.5, 0.6) is 0 Å². The lowest BCUT2D eigenvalue weighted by Gasteiger charge is -2.11. The van der Waals surface area contributed by atoms with Crippen LogP contribution in [0.2, 0.25) is 0 Å². The zero-order chi connectivity index (χ0) is 14.4. The second kappa shape index (κ2) is 6.70. The highest BCUT2D eigenvalue weighted by Crippen LogP contribution is 2.05. The molecule has 0 spiro atoms. The minimum absolute atomic E-state index is 0.144. The predicted octanol–water partition coefficient (Wildman–Crippen LogP) is 2.25. The van der Waals surface area contributed by atoms with E-state index in [4.69, 9.17) is 0 Å². The van der Waals surface area contributed by atoms with Crippen molar-refractivity contribution in [1.82, 2.24) is 20.1 Å². The van der Waals surface area contributed by atoms with Crippen LogP contribution >= 0.6 is 0 Å². The van der Waals surface area contributed by atoms with E-state index in [2.05, 4.69) is 20.7 Å². The fraction of sp³-hybridized carbons (Fsp3) is 0.357. The van der Waals surface area contributed by atoms with E-state index in [1.807, 2.05) is 38.2 Å². The van der Waals surface area contributed by atoms with Crippen LogP contribution in [0.25, 0.3) is 0 Å². The zero-order valence-corrected chi connectivity index (χ0v) is 11.7. The standard InChI is InChI=1S/C14H19N5O/c1-3-11(2)16-14(20)17-13-7-9-19(18-13)10-12-6-4-5-8-15-12/h4-9,11H,3,10H2,1-2H3,(H2,16,17,18,20)/t11-/m0/s1. The van der Waals surface area contributed by atoms with Gasteiger partial charge in [0.05, 0.1) is 12.2 Å². The first-order valence-corrected chi connectivity index (χ1v) is 6.68. The summed E-state index contributed by atoms with van der Waals surface area (Å²) in [5.41, 5.74) is 0.922. The van der Waals surface area contributed by atoms with Crippen molar-refractivity contribution >= 4 is 11.8 Å². The molecule has 0 aliphatic heterocycles. The van der Waals surface area contributed by atoms with E-state index in [9.17, 15) is 4.79 Å². The molecule has 2 N–H and O–H groups in total. The Labute approximate surface area is 118 Å². The highest BCUT2D eigenvalue weighted by Gasteiger charge is 2.07. The Balaban J connectivity index is 1.91. The Hall–Kier alpha value is -2.37. The second-order valence-corrected chi connectivity index (χ2v) is 4.63. The van der Waals surface area contributed by atoms with Crippen LogP contribution in [-0.2, 0) is 6.54 Å². The quantitative estimate of drug-likeness (QED) is 0.877. The van der Waals surface area contributed by atoms with Crippen LogP contribution in [0.1, 0.15) is 26.0 Å². The Morgan fingerprint density at radius 1 is 1.40 bits per heavy atom. The summed E-state index contributed by atoms with van der Waals surface area (Å²) in [6.07, 6.45) is 4.45. The lowest BCUT2D eigenvalue weighted by Crippen LogP contribution is -2.35. The van der Waals surface area contributed by atoms with E-state index in [-0.39, 0.29) is 12.1 Å². The number of nitrogens with zero attached hydrogens (tertiary/aromatic N) is 3. The molecule has 2 aromatic heterocycles. The molecule has 2 rings (SSSR count). The topological polar surface area (TPSA) is 71.8 Å². The van der Waals surface area contributed by atoms with Crippen molar-refractivity contribution in [2.75, 3.05) is 5.32 Å². The Bertz CT molecular complexity index is 552. The largest absolute Gasteiger partial charge is 0.335 e. The van der Waals surface area contributed by atoms with Crippen molar-refractivity contribution < 1.29 is 4.79 Å². The molecule has 20 heavy (non-hydrogen) atoms. The first-order chi connectivity index (χ1) is 9.67. The molecule has 0 saturated carbocycles. The third kappa shape index (κ3) is 4.08. The molecule has 0 saturated heterocycles. The fourth-order valence-electron chi connectivity index (χ4n) is 1.65. The van der Waals surface area contributed by atoms with Gasteiger partial charge in [-0.25, -0.2) is 4.79 Å². The molecule has 0 fully saturated rings. The normalized spacial score (nSPS) is 11.9. The number of pyridine rings is 1. The van der Waals surface area contributed by atoms with Crippen molar-refractivity contribution in [2.45, 2.75) is 32.9 Å². The highest BCUT2D eigenvalue weighted by molar-refractivity contribution is 5.88. The van der Waals surface area contributed by atoms with Crippen LogP contribution in [0, 0.1) is 0 Å². The van der Waals surface area contributed by atoms with Gasteiger partial charge in [0.15, 0.2) is 5.82 Å².